The molecule has 1 unspecified atom stereocenters. The molecule has 0 fully saturated rings. The van der Waals surface area contributed by atoms with Crippen molar-refractivity contribution in [3.05, 3.63) is 209 Å². The van der Waals surface area contributed by atoms with Crippen molar-refractivity contribution in [2.75, 3.05) is 12.0 Å². The number of methoxy groups -OCH3 is 1. The number of nitrogens with zero attached hydrogens (tertiary/aromatic N) is 1. The summed E-state index contributed by atoms with van der Waals surface area (Å²) < 4.78 is 21.8. The number of unbranched alkanes of at least 4 members (excludes halogenated alkanes) is 6. The highest BCUT2D eigenvalue weighted by Gasteiger charge is 2.24. The number of ether oxygens (including phenoxy) is 4. The molecule has 0 radical (unpaired) electrons. The van der Waals surface area contributed by atoms with Gasteiger partial charge in [-0.05, 0) is 146 Å². The van der Waals surface area contributed by atoms with Crippen molar-refractivity contribution >= 4 is 29.2 Å². The van der Waals surface area contributed by atoms with E-state index in [0.717, 1.165) is 47.5 Å². The van der Waals surface area contributed by atoms with E-state index in [1.165, 1.54) is 79.0 Å². The Morgan fingerprint density at radius 3 is 1.29 bits per heavy atom. The van der Waals surface area contributed by atoms with Gasteiger partial charge in [0.25, 0.3) is 0 Å². The molecule has 0 aromatic heterocycles. The zero-order valence-electron chi connectivity index (χ0n) is 40.5. The van der Waals surface area contributed by atoms with Gasteiger partial charge in [-0.2, -0.15) is 0 Å². The smallest absolute Gasteiger partial charge is 0.497 e. The van der Waals surface area contributed by atoms with E-state index in [1.807, 2.05) is 60.7 Å². The third kappa shape index (κ3) is 13.5. The van der Waals surface area contributed by atoms with Crippen LogP contribution in [0.3, 0.4) is 0 Å². The normalized spacial score (nSPS) is 11.7. The van der Waals surface area contributed by atoms with Crippen LogP contribution in [0.1, 0.15) is 117 Å². The molecule has 0 heterocycles. The van der Waals surface area contributed by atoms with Crippen molar-refractivity contribution in [3.63, 3.8) is 0 Å². The lowest BCUT2D eigenvalue weighted by molar-refractivity contribution is -0.131. The molecule has 0 bridgehead atoms. The third-order valence-corrected chi connectivity index (χ3v) is 12.9. The molecule has 7 rings (SSSR count). The first-order valence-electron chi connectivity index (χ1n) is 24.0. The van der Waals surface area contributed by atoms with Crippen molar-refractivity contribution < 1.29 is 28.5 Å². The predicted molar refractivity (Wildman–Crippen MR) is 275 cm³/mol. The molecular weight excluding hydrogens is 843 g/mol. The van der Waals surface area contributed by atoms with Crippen LogP contribution in [-0.2, 0) is 16.6 Å². The third-order valence-electron chi connectivity index (χ3n) is 12.9. The van der Waals surface area contributed by atoms with Crippen LogP contribution >= 0.6 is 0 Å². The highest BCUT2D eigenvalue weighted by atomic mass is 16.7. The van der Waals surface area contributed by atoms with Crippen LogP contribution in [0.4, 0.5) is 21.9 Å². The Balaban J connectivity index is 0.856. The summed E-state index contributed by atoms with van der Waals surface area (Å²) in [4.78, 5) is 26.5. The summed E-state index contributed by atoms with van der Waals surface area (Å²) in [5, 5.41) is 0. The summed E-state index contributed by atoms with van der Waals surface area (Å²) in [5.41, 5.74) is 11.5. The maximum absolute atomic E-state index is 12.9. The fourth-order valence-electron chi connectivity index (χ4n) is 8.76. The summed E-state index contributed by atoms with van der Waals surface area (Å²) in [6.07, 6.45) is 9.76. The van der Waals surface area contributed by atoms with Gasteiger partial charge in [0.1, 0.15) is 23.0 Å². The number of benzene rings is 7. The molecule has 0 saturated heterocycles. The van der Waals surface area contributed by atoms with Crippen LogP contribution in [0.5, 0.6) is 23.0 Å². The van der Waals surface area contributed by atoms with Crippen molar-refractivity contribution in [2.24, 2.45) is 0 Å². The Labute approximate surface area is 403 Å². The second-order valence-corrected chi connectivity index (χ2v) is 18.3. The van der Waals surface area contributed by atoms with Gasteiger partial charge >= 0.3 is 12.1 Å². The van der Waals surface area contributed by atoms with Crippen LogP contribution in [0.2, 0.25) is 0 Å². The van der Waals surface area contributed by atoms with E-state index in [0.29, 0.717) is 17.2 Å². The van der Waals surface area contributed by atoms with E-state index in [2.05, 4.69) is 118 Å². The lowest BCUT2D eigenvalue weighted by Gasteiger charge is -2.26. The monoisotopic (exact) mass is 907 g/mol. The van der Waals surface area contributed by atoms with E-state index < -0.39 is 6.16 Å². The van der Waals surface area contributed by atoms with Crippen LogP contribution in [0.15, 0.2) is 170 Å². The zero-order chi connectivity index (χ0) is 47.9. The largest absolute Gasteiger partial charge is 0.519 e. The van der Waals surface area contributed by atoms with Gasteiger partial charge in [0.15, 0.2) is 0 Å². The number of carbonyl (C=O) groups is 2. The molecule has 7 nitrogen and oxygen atoms in total. The molecule has 68 heavy (non-hydrogen) atoms. The number of hydrogen-bond donors (Lipinski definition) is 0. The number of carbonyl (C=O) groups excluding carboxylic acids is 2. The summed E-state index contributed by atoms with van der Waals surface area (Å²) in [7, 11) is 1.69. The van der Waals surface area contributed by atoms with Crippen molar-refractivity contribution in [1.29, 1.82) is 0 Å². The molecule has 7 heteroatoms. The number of anilines is 3. The molecule has 0 amide bonds. The van der Waals surface area contributed by atoms with E-state index in [1.54, 1.807) is 31.4 Å². The van der Waals surface area contributed by atoms with E-state index in [4.69, 9.17) is 18.9 Å². The molecule has 0 saturated carbocycles. The van der Waals surface area contributed by atoms with Gasteiger partial charge in [-0.1, -0.05) is 148 Å². The lowest BCUT2D eigenvalue weighted by Crippen LogP contribution is -2.19. The Bertz CT molecular complexity index is 2610. The van der Waals surface area contributed by atoms with Crippen LogP contribution < -0.4 is 23.8 Å². The Morgan fingerprint density at radius 2 is 0.853 bits per heavy atom. The average molecular weight is 908 g/mol. The van der Waals surface area contributed by atoms with E-state index >= 15 is 0 Å². The van der Waals surface area contributed by atoms with Gasteiger partial charge in [0.05, 0.1) is 7.11 Å². The van der Waals surface area contributed by atoms with Crippen LogP contribution in [0, 0.1) is 13.8 Å². The fraction of sp³-hybridized carbons (Fsp3) is 0.279. The predicted octanol–water partition coefficient (Wildman–Crippen LogP) is 16.1. The maximum Gasteiger partial charge on any atom is 0.519 e. The topological polar surface area (TPSA) is 74.3 Å². The molecule has 7 aromatic carbocycles. The molecule has 0 spiro atoms. The van der Waals surface area contributed by atoms with Crippen LogP contribution in [-0.4, -0.2) is 19.2 Å². The summed E-state index contributed by atoms with van der Waals surface area (Å²) in [5.74, 6) is 1.99. The first kappa shape index (κ1) is 48.8. The summed E-state index contributed by atoms with van der Waals surface area (Å²) in [6.45, 7) is 9.86. The van der Waals surface area contributed by atoms with Gasteiger partial charge < -0.3 is 23.8 Å². The van der Waals surface area contributed by atoms with E-state index in [9.17, 15) is 9.59 Å². The first-order chi connectivity index (χ1) is 32.9. The fourth-order valence-corrected chi connectivity index (χ4v) is 8.76. The zero-order valence-corrected chi connectivity index (χ0v) is 40.5. The summed E-state index contributed by atoms with van der Waals surface area (Å²) >= 11 is 0. The van der Waals surface area contributed by atoms with Crippen molar-refractivity contribution in [3.8, 4) is 23.0 Å². The molecule has 1 atom stereocenters. The average Bonchev–Trinajstić information content (AvgIpc) is 3.34. The molecule has 350 valence electrons. The Kier molecular flexibility index (Phi) is 16.9. The van der Waals surface area contributed by atoms with Gasteiger partial charge in [-0.25, -0.2) is 4.79 Å². The number of aryl methyl sites for hydroxylation is 3. The first-order valence-corrected chi connectivity index (χ1v) is 24.0. The Hall–Kier alpha value is -7.12. The molecule has 7 aromatic rings. The molecule has 0 aliphatic heterocycles. The number of hydrogen-bond acceptors (Lipinski definition) is 7. The number of esters is 1. The molecule has 0 aliphatic rings. The quantitative estimate of drug-likeness (QED) is 0.0308. The van der Waals surface area contributed by atoms with Gasteiger partial charge in [-0.15, -0.1) is 0 Å². The van der Waals surface area contributed by atoms with Crippen LogP contribution in [0.25, 0.3) is 0 Å². The maximum atomic E-state index is 12.9. The number of rotatable bonds is 21. The standard InChI is InChI=1S/C61H65NO6/c1-44-16-30-52(31-17-44)62(53-32-18-45(2)19-33-53)54-34-20-47(21-35-54)14-12-10-8-7-9-11-13-15-59(48-22-36-55(65-6)37-23-48)49-24-38-57(39-25-49)67-60(64)68-58-42-28-51(29-43-58)61(4,5)50-26-40-56(41-27-50)66-46(3)63/h16-43,59H,7-15H2,1-6H3. The minimum atomic E-state index is -0.800. The highest BCUT2D eigenvalue weighted by Crippen LogP contribution is 2.37. The molecule has 0 N–H and O–H groups in total. The van der Waals surface area contributed by atoms with Crippen molar-refractivity contribution in [1.82, 2.24) is 0 Å². The minimum Gasteiger partial charge on any atom is -0.497 e. The van der Waals surface area contributed by atoms with Gasteiger partial charge in [-0.3, -0.25) is 4.79 Å². The highest BCUT2D eigenvalue weighted by molar-refractivity contribution is 5.77. The van der Waals surface area contributed by atoms with Gasteiger partial charge in [0, 0.05) is 35.3 Å². The van der Waals surface area contributed by atoms with Gasteiger partial charge in [0.2, 0.25) is 0 Å². The Morgan fingerprint density at radius 1 is 0.471 bits per heavy atom. The summed E-state index contributed by atoms with van der Waals surface area (Å²) in [6, 6.07) is 57.6. The lowest BCUT2D eigenvalue weighted by atomic mass is 9.78. The second kappa shape index (κ2) is 23.6. The molecule has 0 aliphatic carbocycles. The van der Waals surface area contributed by atoms with Crippen molar-refractivity contribution in [2.45, 2.75) is 104 Å². The SMILES string of the molecule is COc1ccc(C(CCCCCCCCCc2ccc(N(c3ccc(C)cc3)c3ccc(C)cc3)cc2)c2ccc(OC(=O)Oc3ccc(C(C)(C)c4ccc(OC(C)=O)cc4)cc3)cc2)cc1. The minimum absolute atomic E-state index is 0.198. The molecular formula is C61H65NO6. The second-order valence-electron chi connectivity index (χ2n) is 18.3. The van der Waals surface area contributed by atoms with E-state index in [-0.39, 0.29) is 17.3 Å².